The second-order valence-electron chi connectivity index (χ2n) is 19.2. The summed E-state index contributed by atoms with van der Waals surface area (Å²) in [5, 5.41) is 0. The zero-order chi connectivity index (χ0) is 49.2. The van der Waals surface area contributed by atoms with E-state index in [4.69, 9.17) is 14.2 Å². The molecule has 1 atom stereocenters. The van der Waals surface area contributed by atoms with E-state index in [0.717, 1.165) is 89.9 Å². The van der Waals surface area contributed by atoms with Crippen molar-refractivity contribution in [3.8, 4) is 0 Å². The van der Waals surface area contributed by atoms with Gasteiger partial charge in [-0.05, 0) is 96.3 Å². The molecule has 0 bridgehead atoms. The highest BCUT2D eigenvalue weighted by atomic mass is 16.6. The van der Waals surface area contributed by atoms with Crippen molar-refractivity contribution >= 4 is 11.9 Å². The Morgan fingerprint density at radius 3 is 1.09 bits per heavy atom. The second-order valence-corrected chi connectivity index (χ2v) is 19.2. The quantitative estimate of drug-likeness (QED) is 0.0345. The van der Waals surface area contributed by atoms with Crippen molar-refractivity contribution < 1.29 is 23.8 Å². The van der Waals surface area contributed by atoms with Gasteiger partial charge in [0, 0.05) is 19.4 Å². The molecule has 0 aromatic carbocycles. The fourth-order valence-corrected chi connectivity index (χ4v) is 8.10. The third-order valence-corrected chi connectivity index (χ3v) is 12.4. The van der Waals surface area contributed by atoms with E-state index in [1.165, 1.54) is 154 Å². The summed E-state index contributed by atoms with van der Waals surface area (Å²) < 4.78 is 17.5. The topological polar surface area (TPSA) is 61.8 Å². The summed E-state index contributed by atoms with van der Waals surface area (Å²) in [5.41, 5.74) is 0. The minimum Gasteiger partial charge on any atom is -0.462 e. The molecule has 0 heterocycles. The molecule has 5 heteroatoms. The van der Waals surface area contributed by atoms with Crippen molar-refractivity contribution in [2.75, 3.05) is 19.8 Å². The monoisotopic (exact) mass is 947 g/mol. The van der Waals surface area contributed by atoms with Crippen LogP contribution in [0, 0.1) is 0 Å². The highest BCUT2D eigenvalue weighted by Crippen LogP contribution is 2.15. The first kappa shape index (κ1) is 65.1. The summed E-state index contributed by atoms with van der Waals surface area (Å²) in [6.07, 6.45) is 77.4. The van der Waals surface area contributed by atoms with Crippen molar-refractivity contribution in [2.24, 2.45) is 0 Å². The second kappa shape index (κ2) is 58.4. The Bertz CT molecular complexity index is 1250. The van der Waals surface area contributed by atoms with Gasteiger partial charge in [-0.2, -0.15) is 0 Å². The SMILES string of the molecule is CC/C=C\C/C=C\C/C=C\C/C=C\CCCCCCCCC(=O)OCC(COCCCCCCCCC/C=C\C/C=C\C/C=C\CCCCC)OC(=O)CCCCCCCCCCCCCCC. The highest BCUT2D eigenvalue weighted by Gasteiger charge is 2.17. The lowest BCUT2D eigenvalue weighted by Crippen LogP contribution is -2.30. The third kappa shape index (κ3) is 55.7. The average molecular weight is 948 g/mol. The van der Waals surface area contributed by atoms with E-state index in [1.807, 2.05) is 0 Å². The number of carbonyl (C=O) groups excluding carboxylic acids is 2. The standard InChI is InChI=1S/C63H110O5/c1-4-7-10-13-16-19-22-25-27-29-31-33-35-37-40-43-46-49-52-55-58-66-59-61(68-63(65)57-54-51-48-45-42-38-24-21-18-15-12-9-6-3)60-67-62(64)56-53-50-47-44-41-39-36-34-32-30-28-26-23-20-17-14-11-8-5-2/h8,11,16-17,19-20,25-28,31-34,61H,4-7,9-10,12-15,18,21-24,29-30,35-60H2,1-3H3/b11-8-,19-16-,20-17-,27-25-,28-26-,33-31-,34-32-. The molecule has 0 aromatic rings. The first-order valence-electron chi connectivity index (χ1n) is 29.1. The third-order valence-electron chi connectivity index (χ3n) is 12.4. The molecule has 0 amide bonds. The van der Waals surface area contributed by atoms with E-state index in [0.29, 0.717) is 19.4 Å². The molecule has 0 fully saturated rings. The molecule has 0 N–H and O–H groups in total. The van der Waals surface area contributed by atoms with Crippen molar-refractivity contribution in [1.29, 1.82) is 0 Å². The van der Waals surface area contributed by atoms with E-state index < -0.39 is 6.10 Å². The summed E-state index contributed by atoms with van der Waals surface area (Å²) in [5.74, 6) is -0.412. The van der Waals surface area contributed by atoms with Gasteiger partial charge in [-0.15, -0.1) is 0 Å². The van der Waals surface area contributed by atoms with Crippen LogP contribution in [0.1, 0.15) is 278 Å². The Kier molecular flexibility index (Phi) is 55.9. The Labute approximate surface area is 422 Å². The Morgan fingerprint density at radius 1 is 0.338 bits per heavy atom. The Morgan fingerprint density at radius 2 is 0.662 bits per heavy atom. The van der Waals surface area contributed by atoms with Gasteiger partial charge >= 0.3 is 11.9 Å². The van der Waals surface area contributed by atoms with Gasteiger partial charge in [-0.25, -0.2) is 0 Å². The first-order valence-corrected chi connectivity index (χ1v) is 29.1. The molecule has 5 nitrogen and oxygen atoms in total. The van der Waals surface area contributed by atoms with Crippen LogP contribution < -0.4 is 0 Å². The molecule has 68 heavy (non-hydrogen) atoms. The molecule has 0 rings (SSSR count). The van der Waals surface area contributed by atoms with Crippen molar-refractivity contribution in [2.45, 2.75) is 284 Å². The Balaban J connectivity index is 4.29. The van der Waals surface area contributed by atoms with Gasteiger partial charge in [0.15, 0.2) is 6.10 Å². The maximum absolute atomic E-state index is 12.8. The molecule has 392 valence electrons. The molecular formula is C63H110O5. The normalized spacial score (nSPS) is 12.8. The highest BCUT2D eigenvalue weighted by molar-refractivity contribution is 5.70. The molecule has 0 spiro atoms. The zero-order valence-corrected chi connectivity index (χ0v) is 45.1. The van der Waals surface area contributed by atoms with Crippen LogP contribution in [-0.4, -0.2) is 37.9 Å². The number of hydrogen-bond acceptors (Lipinski definition) is 5. The number of unbranched alkanes of at least 4 members (excludes halogenated alkanes) is 28. The van der Waals surface area contributed by atoms with Crippen LogP contribution in [0.5, 0.6) is 0 Å². The lowest BCUT2D eigenvalue weighted by atomic mass is 10.0. The molecule has 0 radical (unpaired) electrons. The van der Waals surface area contributed by atoms with E-state index in [9.17, 15) is 9.59 Å². The van der Waals surface area contributed by atoms with Crippen LogP contribution in [-0.2, 0) is 23.8 Å². The lowest BCUT2D eigenvalue weighted by Gasteiger charge is -2.18. The van der Waals surface area contributed by atoms with Gasteiger partial charge in [-0.3, -0.25) is 9.59 Å². The molecule has 0 saturated carbocycles. The summed E-state index contributed by atoms with van der Waals surface area (Å²) in [6.45, 7) is 7.68. The minimum atomic E-state index is -0.550. The van der Waals surface area contributed by atoms with Crippen LogP contribution in [0.3, 0.4) is 0 Å². The number of carbonyl (C=O) groups is 2. The van der Waals surface area contributed by atoms with Crippen molar-refractivity contribution in [1.82, 2.24) is 0 Å². The van der Waals surface area contributed by atoms with Crippen molar-refractivity contribution in [3.05, 3.63) is 85.1 Å². The smallest absolute Gasteiger partial charge is 0.306 e. The average Bonchev–Trinajstić information content (AvgIpc) is 3.34. The number of esters is 2. The molecule has 0 saturated heterocycles. The van der Waals surface area contributed by atoms with Crippen LogP contribution in [0.25, 0.3) is 0 Å². The summed E-state index contributed by atoms with van der Waals surface area (Å²) in [7, 11) is 0. The van der Waals surface area contributed by atoms with Gasteiger partial charge in [0.05, 0.1) is 6.61 Å². The Hall–Kier alpha value is -2.92. The maximum atomic E-state index is 12.8. The fraction of sp³-hybridized carbons (Fsp3) is 0.746. The number of hydrogen-bond donors (Lipinski definition) is 0. The molecular weight excluding hydrogens is 837 g/mol. The van der Waals surface area contributed by atoms with Crippen LogP contribution in [0.4, 0.5) is 0 Å². The largest absolute Gasteiger partial charge is 0.462 e. The predicted molar refractivity (Wildman–Crippen MR) is 297 cm³/mol. The summed E-state index contributed by atoms with van der Waals surface area (Å²) >= 11 is 0. The van der Waals surface area contributed by atoms with E-state index >= 15 is 0 Å². The molecule has 0 aliphatic heterocycles. The van der Waals surface area contributed by atoms with Crippen LogP contribution in [0.2, 0.25) is 0 Å². The summed E-state index contributed by atoms with van der Waals surface area (Å²) in [6, 6.07) is 0. The summed E-state index contributed by atoms with van der Waals surface area (Å²) in [4.78, 5) is 25.5. The van der Waals surface area contributed by atoms with Gasteiger partial charge in [-0.1, -0.05) is 254 Å². The van der Waals surface area contributed by atoms with Crippen molar-refractivity contribution in [3.63, 3.8) is 0 Å². The first-order chi connectivity index (χ1) is 33.6. The lowest BCUT2D eigenvalue weighted by molar-refractivity contribution is -0.163. The van der Waals surface area contributed by atoms with Gasteiger partial charge in [0.25, 0.3) is 0 Å². The zero-order valence-electron chi connectivity index (χ0n) is 45.1. The van der Waals surface area contributed by atoms with Gasteiger partial charge in [0.1, 0.15) is 6.61 Å². The maximum Gasteiger partial charge on any atom is 0.306 e. The minimum absolute atomic E-state index is 0.0726. The van der Waals surface area contributed by atoms with Gasteiger partial charge in [0.2, 0.25) is 0 Å². The van der Waals surface area contributed by atoms with E-state index in [1.54, 1.807) is 0 Å². The number of allylic oxidation sites excluding steroid dienone is 14. The molecule has 0 aromatic heterocycles. The predicted octanol–water partition coefficient (Wildman–Crippen LogP) is 20.0. The number of rotatable bonds is 53. The van der Waals surface area contributed by atoms with Crippen LogP contribution in [0.15, 0.2) is 85.1 Å². The fourth-order valence-electron chi connectivity index (χ4n) is 8.10. The van der Waals surface area contributed by atoms with E-state index in [-0.39, 0.29) is 25.2 Å². The van der Waals surface area contributed by atoms with Gasteiger partial charge < -0.3 is 14.2 Å². The molecule has 1 unspecified atom stereocenters. The molecule has 0 aliphatic carbocycles. The number of ether oxygens (including phenoxy) is 3. The van der Waals surface area contributed by atoms with E-state index in [2.05, 4.69) is 106 Å². The molecule has 0 aliphatic rings. The van der Waals surface area contributed by atoms with Crippen LogP contribution >= 0.6 is 0 Å².